The van der Waals surface area contributed by atoms with E-state index in [0.29, 0.717) is 5.56 Å². The molecule has 0 amide bonds. The van der Waals surface area contributed by atoms with Crippen LogP contribution in [0.1, 0.15) is 18.4 Å². The zero-order valence-electron chi connectivity index (χ0n) is 10.7. The molecule has 0 spiro atoms. The first-order valence-corrected chi connectivity index (χ1v) is 5.72. The second kappa shape index (κ2) is 6.63. The highest BCUT2D eigenvalue weighted by Gasteiger charge is 2.37. The lowest BCUT2D eigenvalue weighted by atomic mass is 9.83. The number of ether oxygens (including phenoxy) is 1. The van der Waals surface area contributed by atoms with Gasteiger partial charge in [-0.05, 0) is 12.5 Å². The predicted molar refractivity (Wildman–Crippen MR) is 67.2 cm³/mol. The van der Waals surface area contributed by atoms with Gasteiger partial charge in [-0.3, -0.25) is 19.7 Å². The Balaban J connectivity index is 3.17. The molecular formula is C13H15NO5. The first kappa shape index (κ1) is 14.8. The molecule has 0 aromatic heterocycles. The topological polar surface area (TPSA) is 86.5 Å². The van der Waals surface area contributed by atoms with Gasteiger partial charge in [-0.1, -0.05) is 30.3 Å². The van der Waals surface area contributed by atoms with Crippen molar-refractivity contribution >= 4 is 11.8 Å². The molecule has 0 heterocycles. The fourth-order valence-electron chi connectivity index (χ4n) is 2.00. The number of nitro groups is 1. The fraction of sp³-hybridized carbons (Fsp3) is 0.385. The molecule has 19 heavy (non-hydrogen) atoms. The van der Waals surface area contributed by atoms with E-state index in [-0.39, 0.29) is 0 Å². The van der Waals surface area contributed by atoms with Crippen molar-refractivity contribution in [2.24, 2.45) is 5.92 Å². The summed E-state index contributed by atoms with van der Waals surface area (Å²) in [5.41, 5.74) is 0.574. The summed E-state index contributed by atoms with van der Waals surface area (Å²) in [6.07, 6.45) is 0. The van der Waals surface area contributed by atoms with Gasteiger partial charge >= 0.3 is 5.97 Å². The SMILES string of the molecule is COC(=O)[C@H](C(C)=O)[C@H](C[N+](=O)[O-])c1ccccc1. The number of Topliss-reactive ketones (excluding diaryl/α,β-unsaturated/α-hetero) is 1. The van der Waals surface area contributed by atoms with E-state index in [9.17, 15) is 19.7 Å². The second-order valence-corrected chi connectivity index (χ2v) is 4.14. The minimum atomic E-state index is -1.15. The van der Waals surface area contributed by atoms with Crippen molar-refractivity contribution in [1.82, 2.24) is 0 Å². The maximum atomic E-state index is 11.7. The molecule has 102 valence electrons. The van der Waals surface area contributed by atoms with Crippen LogP contribution in [0.25, 0.3) is 0 Å². The van der Waals surface area contributed by atoms with Crippen molar-refractivity contribution in [2.45, 2.75) is 12.8 Å². The van der Waals surface area contributed by atoms with E-state index < -0.39 is 35.1 Å². The van der Waals surface area contributed by atoms with Crippen LogP contribution in [0, 0.1) is 16.0 Å². The molecule has 0 unspecified atom stereocenters. The Labute approximate surface area is 110 Å². The van der Waals surface area contributed by atoms with Gasteiger partial charge in [0.2, 0.25) is 6.54 Å². The van der Waals surface area contributed by atoms with Gasteiger partial charge < -0.3 is 4.74 Å². The average Bonchev–Trinajstić information content (AvgIpc) is 2.37. The van der Waals surface area contributed by atoms with Crippen LogP contribution in [0.3, 0.4) is 0 Å². The molecule has 1 rings (SSSR count). The van der Waals surface area contributed by atoms with Gasteiger partial charge in [0, 0.05) is 4.92 Å². The van der Waals surface area contributed by atoms with Crippen molar-refractivity contribution in [2.75, 3.05) is 13.7 Å². The van der Waals surface area contributed by atoms with Crippen molar-refractivity contribution in [3.05, 3.63) is 46.0 Å². The van der Waals surface area contributed by atoms with Crippen LogP contribution in [0.2, 0.25) is 0 Å². The number of carbonyl (C=O) groups excluding carboxylic acids is 2. The third kappa shape index (κ3) is 3.87. The zero-order valence-corrected chi connectivity index (χ0v) is 10.7. The molecule has 0 N–H and O–H groups in total. The van der Waals surface area contributed by atoms with E-state index in [0.717, 1.165) is 7.11 Å². The number of hydrogen-bond donors (Lipinski definition) is 0. The van der Waals surface area contributed by atoms with E-state index in [1.165, 1.54) is 6.92 Å². The first-order valence-electron chi connectivity index (χ1n) is 5.72. The summed E-state index contributed by atoms with van der Waals surface area (Å²) in [5.74, 6) is -3.16. The summed E-state index contributed by atoms with van der Waals surface area (Å²) >= 11 is 0. The van der Waals surface area contributed by atoms with Crippen molar-refractivity contribution in [3.8, 4) is 0 Å². The summed E-state index contributed by atoms with van der Waals surface area (Å²) in [6, 6.07) is 8.49. The lowest BCUT2D eigenvalue weighted by Gasteiger charge is -2.20. The molecule has 0 saturated heterocycles. The normalized spacial score (nSPS) is 13.4. The third-order valence-corrected chi connectivity index (χ3v) is 2.87. The highest BCUT2D eigenvalue weighted by atomic mass is 16.6. The highest BCUT2D eigenvalue weighted by molar-refractivity contribution is 5.98. The van der Waals surface area contributed by atoms with Crippen LogP contribution in [-0.4, -0.2) is 30.3 Å². The largest absolute Gasteiger partial charge is 0.468 e. The van der Waals surface area contributed by atoms with Crippen LogP contribution in [0.5, 0.6) is 0 Å². The van der Waals surface area contributed by atoms with E-state index in [1.54, 1.807) is 30.3 Å². The number of rotatable bonds is 6. The Morgan fingerprint density at radius 3 is 2.32 bits per heavy atom. The first-order chi connectivity index (χ1) is 8.97. The molecule has 2 atom stereocenters. The van der Waals surface area contributed by atoms with Crippen LogP contribution in [0.15, 0.2) is 30.3 Å². The molecule has 1 aromatic carbocycles. The smallest absolute Gasteiger partial charge is 0.317 e. The second-order valence-electron chi connectivity index (χ2n) is 4.14. The molecule has 0 radical (unpaired) electrons. The van der Waals surface area contributed by atoms with Crippen molar-refractivity contribution in [1.29, 1.82) is 0 Å². The van der Waals surface area contributed by atoms with Gasteiger partial charge in [0.1, 0.15) is 11.7 Å². The quantitative estimate of drug-likeness (QED) is 0.336. The van der Waals surface area contributed by atoms with E-state index in [2.05, 4.69) is 4.74 Å². The number of nitrogens with zero attached hydrogens (tertiary/aromatic N) is 1. The molecule has 0 aliphatic rings. The minimum absolute atomic E-state index is 0.442. The fourth-order valence-corrected chi connectivity index (χ4v) is 2.00. The van der Waals surface area contributed by atoms with Crippen LogP contribution < -0.4 is 0 Å². The standard InChI is InChI=1S/C13H15NO5/c1-9(15)12(13(16)19-2)11(8-14(17)18)10-6-4-3-5-7-10/h3-7,11-12H,8H2,1-2H3/t11-,12-/m1/s1. The Bertz CT molecular complexity index is 471. The van der Waals surface area contributed by atoms with Gasteiger partial charge in [0.15, 0.2) is 0 Å². The molecule has 0 fully saturated rings. The van der Waals surface area contributed by atoms with Crippen LogP contribution >= 0.6 is 0 Å². The Kier molecular flexibility index (Phi) is 5.17. The van der Waals surface area contributed by atoms with Gasteiger partial charge in [0.25, 0.3) is 0 Å². The number of methoxy groups -OCH3 is 1. The van der Waals surface area contributed by atoms with Crippen LogP contribution in [0.4, 0.5) is 0 Å². The number of esters is 1. The average molecular weight is 265 g/mol. The van der Waals surface area contributed by atoms with Crippen molar-refractivity contribution < 1.29 is 19.2 Å². The summed E-state index contributed by atoms with van der Waals surface area (Å²) in [5, 5.41) is 10.8. The molecule has 0 bridgehead atoms. The van der Waals surface area contributed by atoms with Gasteiger partial charge in [-0.2, -0.15) is 0 Å². The van der Waals surface area contributed by atoms with Gasteiger partial charge in [-0.25, -0.2) is 0 Å². The van der Waals surface area contributed by atoms with Crippen molar-refractivity contribution in [3.63, 3.8) is 0 Å². The lowest BCUT2D eigenvalue weighted by Crippen LogP contribution is -2.33. The Morgan fingerprint density at radius 2 is 1.89 bits per heavy atom. The maximum Gasteiger partial charge on any atom is 0.317 e. The zero-order chi connectivity index (χ0) is 14.4. The predicted octanol–water partition coefficient (Wildman–Crippen LogP) is 1.43. The lowest BCUT2D eigenvalue weighted by molar-refractivity contribution is -0.484. The third-order valence-electron chi connectivity index (χ3n) is 2.87. The number of ketones is 1. The summed E-state index contributed by atoms with van der Waals surface area (Å²) in [7, 11) is 1.16. The Morgan fingerprint density at radius 1 is 1.32 bits per heavy atom. The monoisotopic (exact) mass is 265 g/mol. The van der Waals surface area contributed by atoms with E-state index in [1.807, 2.05) is 0 Å². The molecule has 0 saturated carbocycles. The maximum absolute atomic E-state index is 11.7. The minimum Gasteiger partial charge on any atom is -0.468 e. The molecule has 6 nitrogen and oxygen atoms in total. The summed E-state index contributed by atoms with van der Waals surface area (Å²) in [4.78, 5) is 33.5. The molecule has 1 aromatic rings. The number of carbonyl (C=O) groups is 2. The molecule has 0 aliphatic heterocycles. The Hall–Kier alpha value is -2.24. The summed E-state index contributed by atoms with van der Waals surface area (Å²) < 4.78 is 4.58. The van der Waals surface area contributed by atoms with Gasteiger partial charge in [-0.15, -0.1) is 0 Å². The van der Waals surface area contributed by atoms with E-state index in [4.69, 9.17) is 0 Å². The molecular weight excluding hydrogens is 250 g/mol. The van der Waals surface area contributed by atoms with Gasteiger partial charge in [0.05, 0.1) is 13.0 Å². The number of hydrogen-bond acceptors (Lipinski definition) is 5. The van der Waals surface area contributed by atoms with Crippen LogP contribution in [-0.2, 0) is 14.3 Å². The molecule has 6 heteroatoms. The molecule has 0 aliphatic carbocycles. The van der Waals surface area contributed by atoms with E-state index >= 15 is 0 Å². The number of benzene rings is 1. The summed E-state index contributed by atoms with van der Waals surface area (Å²) in [6.45, 7) is 0.737. The highest BCUT2D eigenvalue weighted by Crippen LogP contribution is 2.27.